The fraction of sp³-hybridized carbons (Fsp3) is 0.0588. The second kappa shape index (κ2) is 8.68. The number of methoxy groups -OCH3 is 1. The Balaban J connectivity index is 1.96. The minimum Gasteiger partial charge on any atom is -0.496 e. The van der Waals surface area contributed by atoms with Crippen molar-refractivity contribution in [2.45, 2.75) is 0 Å². The largest absolute Gasteiger partial charge is 0.496 e. The van der Waals surface area contributed by atoms with Gasteiger partial charge in [0.25, 0.3) is 0 Å². The fourth-order valence-corrected chi connectivity index (χ4v) is 2.53. The summed E-state index contributed by atoms with van der Waals surface area (Å²) in [4.78, 5) is 11.9. The van der Waals surface area contributed by atoms with Gasteiger partial charge in [0.2, 0.25) is 5.91 Å². The molecule has 2 N–H and O–H groups in total. The molecule has 0 bridgehead atoms. The molecule has 0 aliphatic rings. The second-order valence-electron chi connectivity index (χ2n) is 4.64. The summed E-state index contributed by atoms with van der Waals surface area (Å²) in [6.07, 6.45) is 3.02. The summed E-state index contributed by atoms with van der Waals surface area (Å²) in [5.74, 6) is 0.304. The highest BCUT2D eigenvalue weighted by Crippen LogP contribution is 2.25. The molecule has 7 heteroatoms. The standard InChI is InChI=1S/C17H14Cl2N2O2S/c1-23-15-5-3-2-4-11(15)6-9-16(22)21-17(24)20-14-8-7-12(18)10-13(14)19/h2-10H,1H3,(H2,20,21,22,24)/b9-6+. The van der Waals surface area contributed by atoms with Gasteiger partial charge in [-0.25, -0.2) is 0 Å². The molecule has 0 fully saturated rings. The van der Waals surface area contributed by atoms with Crippen LogP contribution in [0, 0.1) is 0 Å². The van der Waals surface area contributed by atoms with Gasteiger partial charge in [0.1, 0.15) is 5.75 Å². The summed E-state index contributed by atoms with van der Waals surface area (Å²) < 4.78 is 5.21. The van der Waals surface area contributed by atoms with E-state index in [-0.39, 0.29) is 11.0 Å². The number of anilines is 1. The molecular formula is C17H14Cl2N2O2S. The third kappa shape index (κ3) is 5.23. The van der Waals surface area contributed by atoms with Crippen molar-refractivity contribution in [1.29, 1.82) is 0 Å². The van der Waals surface area contributed by atoms with E-state index in [1.807, 2.05) is 24.3 Å². The van der Waals surface area contributed by atoms with Crippen LogP contribution in [-0.4, -0.2) is 18.1 Å². The maximum atomic E-state index is 11.9. The Bertz CT molecular complexity index is 794. The minimum absolute atomic E-state index is 0.133. The molecule has 0 aliphatic heterocycles. The maximum absolute atomic E-state index is 11.9. The van der Waals surface area contributed by atoms with Crippen LogP contribution in [0.3, 0.4) is 0 Å². The molecule has 0 radical (unpaired) electrons. The number of amides is 1. The molecule has 0 spiro atoms. The summed E-state index contributed by atoms with van der Waals surface area (Å²) in [5.41, 5.74) is 1.34. The third-order valence-corrected chi connectivity index (χ3v) is 3.72. The molecule has 0 saturated heterocycles. The maximum Gasteiger partial charge on any atom is 0.250 e. The number of rotatable bonds is 4. The number of hydrogen-bond acceptors (Lipinski definition) is 3. The van der Waals surface area contributed by atoms with Crippen LogP contribution < -0.4 is 15.4 Å². The summed E-state index contributed by atoms with van der Waals surface area (Å²) in [7, 11) is 1.57. The van der Waals surface area contributed by atoms with Crippen LogP contribution in [0.1, 0.15) is 5.56 Å². The lowest BCUT2D eigenvalue weighted by atomic mass is 10.2. The number of carbonyl (C=O) groups excluding carboxylic acids is 1. The van der Waals surface area contributed by atoms with Crippen molar-refractivity contribution in [3.8, 4) is 5.75 Å². The van der Waals surface area contributed by atoms with E-state index in [1.165, 1.54) is 6.08 Å². The topological polar surface area (TPSA) is 50.4 Å². The SMILES string of the molecule is COc1ccccc1/C=C/C(=O)NC(=S)Nc1ccc(Cl)cc1Cl. The van der Waals surface area contributed by atoms with Crippen LogP contribution in [0.5, 0.6) is 5.75 Å². The van der Waals surface area contributed by atoms with Crippen molar-refractivity contribution in [1.82, 2.24) is 5.32 Å². The fourth-order valence-electron chi connectivity index (χ4n) is 1.87. The molecule has 0 atom stereocenters. The van der Waals surface area contributed by atoms with E-state index < -0.39 is 0 Å². The zero-order valence-electron chi connectivity index (χ0n) is 12.7. The van der Waals surface area contributed by atoms with Gasteiger partial charge >= 0.3 is 0 Å². The highest BCUT2D eigenvalue weighted by molar-refractivity contribution is 7.80. The number of nitrogens with one attached hydrogen (secondary N) is 2. The average molecular weight is 381 g/mol. The molecule has 2 aromatic rings. The highest BCUT2D eigenvalue weighted by atomic mass is 35.5. The Morgan fingerprint density at radius 3 is 2.67 bits per heavy atom. The zero-order valence-corrected chi connectivity index (χ0v) is 15.0. The minimum atomic E-state index is -0.372. The van der Waals surface area contributed by atoms with E-state index in [9.17, 15) is 4.79 Å². The number of ether oxygens (including phenoxy) is 1. The molecule has 124 valence electrons. The van der Waals surface area contributed by atoms with E-state index in [0.717, 1.165) is 5.56 Å². The first-order chi connectivity index (χ1) is 11.5. The van der Waals surface area contributed by atoms with E-state index in [4.69, 9.17) is 40.2 Å². The van der Waals surface area contributed by atoms with Gasteiger partial charge in [-0.3, -0.25) is 10.1 Å². The molecule has 2 aromatic carbocycles. The van der Waals surface area contributed by atoms with Crippen LogP contribution in [0.15, 0.2) is 48.5 Å². The Kier molecular flexibility index (Phi) is 6.61. The first kappa shape index (κ1) is 18.3. The van der Waals surface area contributed by atoms with E-state index >= 15 is 0 Å². The number of para-hydroxylation sites is 1. The van der Waals surface area contributed by atoms with Crippen LogP contribution >= 0.6 is 35.4 Å². The second-order valence-corrected chi connectivity index (χ2v) is 5.89. The molecule has 0 saturated carbocycles. The summed E-state index contributed by atoms with van der Waals surface area (Å²) in [6, 6.07) is 12.3. The number of carbonyl (C=O) groups is 1. The Morgan fingerprint density at radius 2 is 1.96 bits per heavy atom. The van der Waals surface area contributed by atoms with Crippen molar-refractivity contribution in [3.05, 3.63) is 64.1 Å². The van der Waals surface area contributed by atoms with Crippen LogP contribution in [-0.2, 0) is 4.79 Å². The van der Waals surface area contributed by atoms with Gasteiger partial charge in [0.15, 0.2) is 5.11 Å². The van der Waals surface area contributed by atoms with Crippen LogP contribution in [0.4, 0.5) is 5.69 Å². The number of benzene rings is 2. The van der Waals surface area contributed by atoms with Gasteiger partial charge in [-0.1, -0.05) is 41.4 Å². The van der Waals surface area contributed by atoms with Gasteiger partial charge in [0, 0.05) is 16.7 Å². The molecule has 0 aromatic heterocycles. The van der Waals surface area contributed by atoms with Gasteiger partial charge in [0.05, 0.1) is 17.8 Å². The normalized spacial score (nSPS) is 10.5. The highest BCUT2D eigenvalue weighted by Gasteiger charge is 2.06. The van der Waals surface area contributed by atoms with Gasteiger partial charge in [-0.05, 0) is 42.6 Å². The quantitative estimate of drug-likeness (QED) is 0.604. The lowest BCUT2D eigenvalue weighted by Gasteiger charge is -2.10. The molecule has 1 amide bonds. The van der Waals surface area contributed by atoms with Crippen molar-refractivity contribution in [2.75, 3.05) is 12.4 Å². The van der Waals surface area contributed by atoms with Crippen molar-refractivity contribution in [2.24, 2.45) is 0 Å². The third-order valence-electron chi connectivity index (χ3n) is 2.97. The Morgan fingerprint density at radius 1 is 1.21 bits per heavy atom. The van der Waals surface area contributed by atoms with Gasteiger partial charge < -0.3 is 10.1 Å². The first-order valence-electron chi connectivity index (χ1n) is 6.87. The molecule has 0 aliphatic carbocycles. The summed E-state index contributed by atoms with van der Waals surface area (Å²) in [6.45, 7) is 0. The number of halogens is 2. The Labute approximate surface area is 155 Å². The summed E-state index contributed by atoms with van der Waals surface area (Å²) >= 11 is 17.0. The lowest BCUT2D eigenvalue weighted by molar-refractivity contribution is -0.115. The first-order valence-corrected chi connectivity index (χ1v) is 8.04. The molecule has 4 nitrogen and oxygen atoms in total. The predicted octanol–water partition coefficient (Wildman–Crippen LogP) is 4.53. The van der Waals surface area contributed by atoms with Crippen molar-refractivity contribution < 1.29 is 9.53 Å². The zero-order chi connectivity index (χ0) is 17.5. The molecule has 0 heterocycles. The summed E-state index contributed by atoms with van der Waals surface area (Å²) in [5, 5.41) is 6.43. The smallest absolute Gasteiger partial charge is 0.250 e. The van der Waals surface area contributed by atoms with E-state index in [2.05, 4.69) is 10.6 Å². The monoisotopic (exact) mass is 380 g/mol. The van der Waals surface area contributed by atoms with Crippen molar-refractivity contribution >= 4 is 58.2 Å². The predicted molar refractivity (Wildman–Crippen MR) is 103 cm³/mol. The van der Waals surface area contributed by atoms with E-state index in [1.54, 1.807) is 31.4 Å². The van der Waals surface area contributed by atoms with Crippen LogP contribution in [0.25, 0.3) is 6.08 Å². The van der Waals surface area contributed by atoms with Crippen LogP contribution in [0.2, 0.25) is 10.0 Å². The van der Waals surface area contributed by atoms with E-state index in [0.29, 0.717) is 21.5 Å². The lowest BCUT2D eigenvalue weighted by Crippen LogP contribution is -2.32. The van der Waals surface area contributed by atoms with Crippen molar-refractivity contribution in [3.63, 3.8) is 0 Å². The number of thiocarbonyl (C=S) groups is 1. The Hall–Kier alpha value is -2.08. The average Bonchev–Trinajstić information content (AvgIpc) is 2.55. The molecule has 2 rings (SSSR count). The van der Waals surface area contributed by atoms with Gasteiger partial charge in [-0.2, -0.15) is 0 Å². The molecule has 24 heavy (non-hydrogen) atoms. The molecular weight excluding hydrogens is 367 g/mol. The number of hydrogen-bond donors (Lipinski definition) is 2. The molecule has 0 unspecified atom stereocenters. The van der Waals surface area contributed by atoms with Gasteiger partial charge in [-0.15, -0.1) is 0 Å².